The zero-order valence-corrected chi connectivity index (χ0v) is 11.5. The topological polar surface area (TPSA) is 38.7 Å². The molecule has 3 nitrogen and oxygen atoms in total. The molecule has 104 valence electrons. The van der Waals surface area contributed by atoms with Crippen LogP contribution in [0.5, 0.6) is 0 Å². The molecule has 1 aliphatic carbocycles. The van der Waals surface area contributed by atoms with Gasteiger partial charge in [-0.05, 0) is 37.5 Å². The molecular weight excluding hydrogens is 228 g/mol. The lowest BCUT2D eigenvalue weighted by Crippen LogP contribution is -2.50. The second-order valence-electron chi connectivity index (χ2n) is 6.83. The third-order valence-electron chi connectivity index (χ3n) is 5.33. The Balaban J connectivity index is 1.71. The molecule has 2 heterocycles. The van der Waals surface area contributed by atoms with Crippen LogP contribution in [0.3, 0.4) is 0 Å². The van der Waals surface area contributed by atoms with Crippen LogP contribution in [0.2, 0.25) is 0 Å². The third kappa shape index (κ3) is 2.33. The zero-order chi connectivity index (χ0) is 12.6. The average Bonchev–Trinajstić information content (AvgIpc) is 2.77. The van der Waals surface area contributed by atoms with Gasteiger partial charge in [-0.15, -0.1) is 0 Å². The van der Waals surface area contributed by atoms with E-state index in [2.05, 4.69) is 6.92 Å². The molecule has 1 spiro atoms. The van der Waals surface area contributed by atoms with E-state index < -0.39 is 5.60 Å². The average molecular weight is 254 g/mol. The fraction of sp³-hybridized carbons (Fsp3) is 1.00. The highest BCUT2D eigenvalue weighted by Gasteiger charge is 2.48. The number of hydrogen-bond acceptors (Lipinski definition) is 3. The largest absolute Gasteiger partial charge is 0.390 e. The Morgan fingerprint density at radius 2 is 2.00 bits per heavy atom. The highest BCUT2D eigenvalue weighted by Crippen LogP contribution is 2.46. The lowest BCUT2D eigenvalue weighted by Gasteiger charge is -2.47. The number of hydrogen-bond donors (Lipinski definition) is 1. The van der Waals surface area contributed by atoms with Crippen LogP contribution >= 0.6 is 0 Å². The first-order valence-electron chi connectivity index (χ1n) is 7.56. The molecule has 0 radical (unpaired) electrons. The fourth-order valence-corrected chi connectivity index (χ4v) is 4.28. The van der Waals surface area contributed by atoms with E-state index in [4.69, 9.17) is 9.47 Å². The highest BCUT2D eigenvalue weighted by molar-refractivity contribution is 4.99. The standard InChI is InChI=1S/C15H26O3/c1-12-3-2-5-15(16,9-12)13-4-7-18-14(10-13)6-8-17-11-14/h12-13,16H,2-11H2,1H3. The minimum atomic E-state index is -0.433. The van der Waals surface area contributed by atoms with Crippen molar-refractivity contribution in [2.24, 2.45) is 11.8 Å². The quantitative estimate of drug-likeness (QED) is 0.781. The SMILES string of the molecule is CC1CCCC(O)(C2CCOC3(CCOC3)C2)C1. The molecule has 0 aromatic rings. The van der Waals surface area contributed by atoms with E-state index >= 15 is 0 Å². The molecule has 18 heavy (non-hydrogen) atoms. The molecule has 1 saturated carbocycles. The summed E-state index contributed by atoms with van der Waals surface area (Å²) in [6.45, 7) is 4.62. The van der Waals surface area contributed by atoms with Gasteiger partial charge in [0.15, 0.2) is 0 Å². The van der Waals surface area contributed by atoms with Gasteiger partial charge in [-0.3, -0.25) is 0 Å². The van der Waals surface area contributed by atoms with E-state index in [9.17, 15) is 5.11 Å². The summed E-state index contributed by atoms with van der Waals surface area (Å²) >= 11 is 0. The lowest BCUT2D eigenvalue weighted by atomic mass is 9.67. The summed E-state index contributed by atoms with van der Waals surface area (Å²) < 4.78 is 11.5. The summed E-state index contributed by atoms with van der Waals surface area (Å²) in [5.41, 5.74) is -0.504. The van der Waals surface area contributed by atoms with Crippen molar-refractivity contribution >= 4 is 0 Å². The second kappa shape index (κ2) is 4.77. The molecule has 0 aromatic carbocycles. The molecule has 3 aliphatic rings. The molecule has 3 rings (SSSR count). The maximum Gasteiger partial charge on any atom is 0.0940 e. The monoisotopic (exact) mass is 254 g/mol. The lowest BCUT2D eigenvalue weighted by molar-refractivity contribution is -0.155. The minimum absolute atomic E-state index is 0.0701. The fourth-order valence-electron chi connectivity index (χ4n) is 4.28. The Labute approximate surface area is 110 Å². The van der Waals surface area contributed by atoms with Gasteiger partial charge >= 0.3 is 0 Å². The summed E-state index contributed by atoms with van der Waals surface area (Å²) in [4.78, 5) is 0. The van der Waals surface area contributed by atoms with Crippen LogP contribution in [0, 0.1) is 11.8 Å². The van der Waals surface area contributed by atoms with Crippen molar-refractivity contribution in [1.82, 2.24) is 0 Å². The van der Waals surface area contributed by atoms with Crippen molar-refractivity contribution in [1.29, 1.82) is 0 Å². The molecule has 4 atom stereocenters. The van der Waals surface area contributed by atoms with Crippen LogP contribution < -0.4 is 0 Å². The zero-order valence-electron chi connectivity index (χ0n) is 11.5. The maximum atomic E-state index is 11.0. The Bertz CT molecular complexity index is 298. The Hall–Kier alpha value is -0.120. The van der Waals surface area contributed by atoms with Gasteiger partial charge < -0.3 is 14.6 Å². The molecule has 0 bridgehead atoms. The molecule has 2 saturated heterocycles. The summed E-state index contributed by atoms with van der Waals surface area (Å²) in [6.07, 6.45) is 7.45. The number of ether oxygens (including phenoxy) is 2. The predicted molar refractivity (Wildman–Crippen MR) is 69.4 cm³/mol. The van der Waals surface area contributed by atoms with Crippen molar-refractivity contribution in [3.05, 3.63) is 0 Å². The van der Waals surface area contributed by atoms with Gasteiger partial charge in [0.05, 0.1) is 17.8 Å². The minimum Gasteiger partial charge on any atom is -0.390 e. The van der Waals surface area contributed by atoms with Crippen molar-refractivity contribution in [3.8, 4) is 0 Å². The van der Waals surface area contributed by atoms with Crippen LogP contribution in [-0.2, 0) is 9.47 Å². The third-order valence-corrected chi connectivity index (χ3v) is 5.33. The van der Waals surface area contributed by atoms with Crippen LogP contribution in [0.15, 0.2) is 0 Å². The first kappa shape index (κ1) is 12.9. The Morgan fingerprint density at radius 1 is 1.11 bits per heavy atom. The van der Waals surface area contributed by atoms with Crippen molar-refractivity contribution in [2.45, 2.75) is 63.1 Å². The molecule has 4 unspecified atom stereocenters. The van der Waals surface area contributed by atoms with E-state index in [1.807, 2.05) is 0 Å². The van der Waals surface area contributed by atoms with E-state index in [0.717, 1.165) is 51.9 Å². The van der Waals surface area contributed by atoms with Crippen LogP contribution in [0.1, 0.15) is 51.9 Å². The molecule has 3 heteroatoms. The first-order chi connectivity index (χ1) is 8.62. The predicted octanol–water partition coefficient (Wildman–Crippen LogP) is 2.51. The second-order valence-corrected chi connectivity index (χ2v) is 6.83. The molecule has 2 aliphatic heterocycles. The van der Waals surface area contributed by atoms with Gasteiger partial charge in [0.25, 0.3) is 0 Å². The molecular formula is C15H26O3. The van der Waals surface area contributed by atoms with Crippen molar-refractivity contribution < 1.29 is 14.6 Å². The van der Waals surface area contributed by atoms with Gasteiger partial charge in [-0.1, -0.05) is 19.8 Å². The van der Waals surface area contributed by atoms with Crippen LogP contribution in [0.4, 0.5) is 0 Å². The molecule has 0 amide bonds. The van der Waals surface area contributed by atoms with Crippen LogP contribution in [0.25, 0.3) is 0 Å². The van der Waals surface area contributed by atoms with E-state index in [-0.39, 0.29) is 5.60 Å². The van der Waals surface area contributed by atoms with Gasteiger partial charge in [0, 0.05) is 19.6 Å². The number of rotatable bonds is 1. The summed E-state index contributed by atoms with van der Waals surface area (Å²) in [7, 11) is 0. The van der Waals surface area contributed by atoms with Crippen molar-refractivity contribution in [2.75, 3.05) is 19.8 Å². The number of aliphatic hydroxyl groups is 1. The maximum absolute atomic E-state index is 11.0. The van der Waals surface area contributed by atoms with Crippen molar-refractivity contribution in [3.63, 3.8) is 0 Å². The van der Waals surface area contributed by atoms with Gasteiger partial charge in [-0.2, -0.15) is 0 Å². The smallest absolute Gasteiger partial charge is 0.0940 e. The summed E-state index contributed by atoms with van der Waals surface area (Å²) in [5.74, 6) is 1.08. The van der Waals surface area contributed by atoms with E-state index in [1.165, 1.54) is 12.8 Å². The normalized spacial score (nSPS) is 49.7. The van der Waals surface area contributed by atoms with Gasteiger partial charge in [0.2, 0.25) is 0 Å². The summed E-state index contributed by atoms with van der Waals surface area (Å²) in [5, 5.41) is 11.0. The highest BCUT2D eigenvalue weighted by atomic mass is 16.6. The van der Waals surface area contributed by atoms with E-state index in [1.54, 1.807) is 0 Å². The van der Waals surface area contributed by atoms with Gasteiger partial charge in [0.1, 0.15) is 0 Å². The Kier molecular flexibility index (Phi) is 3.41. The van der Waals surface area contributed by atoms with Crippen LogP contribution in [-0.4, -0.2) is 36.1 Å². The van der Waals surface area contributed by atoms with Gasteiger partial charge in [-0.25, -0.2) is 0 Å². The first-order valence-corrected chi connectivity index (χ1v) is 7.56. The molecule has 0 aromatic heterocycles. The molecule has 3 fully saturated rings. The summed E-state index contributed by atoms with van der Waals surface area (Å²) in [6, 6.07) is 0. The van der Waals surface area contributed by atoms with E-state index in [0.29, 0.717) is 11.8 Å². The molecule has 1 N–H and O–H groups in total. The Morgan fingerprint density at radius 3 is 2.72 bits per heavy atom.